The van der Waals surface area contributed by atoms with Gasteiger partial charge in [-0.05, 0) is 37.8 Å². The summed E-state index contributed by atoms with van der Waals surface area (Å²) in [5.41, 5.74) is 1.35. The van der Waals surface area contributed by atoms with Gasteiger partial charge in [0, 0.05) is 12.5 Å². The maximum atomic E-state index is 11.6. The molecule has 86 valence electrons. The van der Waals surface area contributed by atoms with Gasteiger partial charge >= 0.3 is 0 Å². The Hall–Kier alpha value is -1.15. The Kier molecular flexibility index (Phi) is 3.73. The molecule has 1 saturated heterocycles. The Balaban J connectivity index is 2.04. The van der Waals surface area contributed by atoms with Gasteiger partial charge in [-0.25, -0.2) is 0 Å². The van der Waals surface area contributed by atoms with E-state index in [0.717, 1.165) is 25.9 Å². The summed E-state index contributed by atoms with van der Waals surface area (Å²) in [5.74, 6) is 1.04. The highest BCUT2D eigenvalue weighted by Crippen LogP contribution is 2.24. The summed E-state index contributed by atoms with van der Waals surface area (Å²) in [6.07, 6.45) is 2.14. The van der Waals surface area contributed by atoms with Crippen molar-refractivity contribution in [2.24, 2.45) is 11.8 Å². The van der Waals surface area contributed by atoms with Gasteiger partial charge in [-0.3, -0.25) is 4.79 Å². The molecule has 1 heterocycles. The van der Waals surface area contributed by atoms with Crippen LogP contribution in [-0.4, -0.2) is 18.9 Å². The number of piperidine rings is 1. The average molecular weight is 217 g/mol. The molecule has 1 aliphatic heterocycles. The van der Waals surface area contributed by atoms with Crippen molar-refractivity contribution >= 4 is 5.78 Å². The number of ketones is 1. The van der Waals surface area contributed by atoms with Gasteiger partial charge in [-0.2, -0.15) is 0 Å². The number of benzene rings is 1. The van der Waals surface area contributed by atoms with E-state index in [1.165, 1.54) is 5.56 Å². The molecule has 0 aromatic heterocycles. The highest BCUT2D eigenvalue weighted by molar-refractivity contribution is 5.79. The minimum atomic E-state index is 0.203. The van der Waals surface area contributed by atoms with Gasteiger partial charge in [0.05, 0.1) is 0 Å². The molecular formula is C14H19NO. The first kappa shape index (κ1) is 11.3. The minimum Gasteiger partial charge on any atom is -0.316 e. The molecule has 2 unspecified atom stereocenters. The molecule has 2 heteroatoms. The fourth-order valence-corrected chi connectivity index (χ4v) is 2.55. The second-order valence-corrected chi connectivity index (χ2v) is 4.66. The number of rotatable bonds is 3. The molecule has 1 fully saturated rings. The summed E-state index contributed by atoms with van der Waals surface area (Å²) in [7, 11) is 0. The van der Waals surface area contributed by atoms with Gasteiger partial charge in [0.25, 0.3) is 0 Å². The molecule has 1 aromatic carbocycles. The molecule has 0 spiro atoms. The Bertz CT molecular complexity index is 347. The van der Waals surface area contributed by atoms with Crippen molar-refractivity contribution in [1.82, 2.24) is 5.32 Å². The van der Waals surface area contributed by atoms with Crippen molar-refractivity contribution in [3.63, 3.8) is 0 Å². The second kappa shape index (κ2) is 5.26. The maximum absolute atomic E-state index is 11.6. The van der Waals surface area contributed by atoms with E-state index in [1.807, 2.05) is 6.07 Å². The smallest absolute Gasteiger partial charge is 0.134 e. The molecule has 0 radical (unpaired) electrons. The highest BCUT2D eigenvalue weighted by atomic mass is 16.1. The third-order valence-corrected chi connectivity index (χ3v) is 3.49. The van der Waals surface area contributed by atoms with Gasteiger partial charge in [-0.15, -0.1) is 0 Å². The summed E-state index contributed by atoms with van der Waals surface area (Å²) in [4.78, 5) is 11.6. The first-order valence-electron chi connectivity index (χ1n) is 6.02. The SMILES string of the molecule is CC(=O)C1CNCCC1Cc1ccccc1. The van der Waals surface area contributed by atoms with Crippen LogP contribution < -0.4 is 5.32 Å². The van der Waals surface area contributed by atoms with Gasteiger partial charge in [0.15, 0.2) is 0 Å². The first-order valence-corrected chi connectivity index (χ1v) is 6.02. The molecule has 2 atom stereocenters. The van der Waals surface area contributed by atoms with Crippen LogP contribution in [0.1, 0.15) is 18.9 Å². The molecular weight excluding hydrogens is 198 g/mol. The molecule has 0 amide bonds. The summed E-state index contributed by atoms with van der Waals surface area (Å²) >= 11 is 0. The molecule has 1 N–H and O–H groups in total. The van der Waals surface area contributed by atoms with Crippen LogP contribution in [0.15, 0.2) is 30.3 Å². The first-order chi connectivity index (χ1) is 7.77. The fraction of sp³-hybridized carbons (Fsp3) is 0.500. The summed E-state index contributed by atoms with van der Waals surface area (Å²) < 4.78 is 0. The van der Waals surface area contributed by atoms with Crippen molar-refractivity contribution in [3.8, 4) is 0 Å². The van der Waals surface area contributed by atoms with Gasteiger partial charge in [0.2, 0.25) is 0 Å². The quantitative estimate of drug-likeness (QED) is 0.839. The second-order valence-electron chi connectivity index (χ2n) is 4.66. The Morgan fingerprint density at radius 1 is 1.38 bits per heavy atom. The largest absolute Gasteiger partial charge is 0.316 e. The van der Waals surface area contributed by atoms with Crippen molar-refractivity contribution in [2.75, 3.05) is 13.1 Å². The molecule has 0 bridgehead atoms. The van der Waals surface area contributed by atoms with Crippen molar-refractivity contribution in [2.45, 2.75) is 19.8 Å². The lowest BCUT2D eigenvalue weighted by Gasteiger charge is -2.30. The number of hydrogen-bond acceptors (Lipinski definition) is 2. The van der Waals surface area contributed by atoms with E-state index in [4.69, 9.17) is 0 Å². The average Bonchev–Trinajstić information content (AvgIpc) is 2.31. The normalized spacial score (nSPS) is 25.3. The zero-order valence-corrected chi connectivity index (χ0v) is 9.78. The van der Waals surface area contributed by atoms with Crippen molar-refractivity contribution in [1.29, 1.82) is 0 Å². The Labute approximate surface area is 97.1 Å². The molecule has 1 aromatic rings. The van der Waals surface area contributed by atoms with Crippen LogP contribution >= 0.6 is 0 Å². The van der Waals surface area contributed by atoms with Crippen LogP contribution in [0.4, 0.5) is 0 Å². The van der Waals surface area contributed by atoms with Gasteiger partial charge in [0.1, 0.15) is 5.78 Å². The van der Waals surface area contributed by atoms with E-state index in [9.17, 15) is 4.79 Å². The number of hydrogen-bond donors (Lipinski definition) is 1. The minimum absolute atomic E-state index is 0.203. The van der Waals surface area contributed by atoms with E-state index >= 15 is 0 Å². The maximum Gasteiger partial charge on any atom is 0.134 e. The van der Waals surface area contributed by atoms with Crippen LogP contribution in [-0.2, 0) is 11.2 Å². The van der Waals surface area contributed by atoms with E-state index in [1.54, 1.807) is 6.92 Å². The molecule has 2 nitrogen and oxygen atoms in total. The molecule has 0 saturated carbocycles. The number of carbonyl (C=O) groups is 1. The standard InChI is InChI=1S/C14H19NO/c1-11(16)14-10-15-8-7-13(14)9-12-5-3-2-4-6-12/h2-6,13-15H,7-10H2,1H3. The predicted octanol–water partition coefficient (Wildman–Crippen LogP) is 2.04. The number of carbonyl (C=O) groups excluding carboxylic acids is 1. The van der Waals surface area contributed by atoms with Crippen molar-refractivity contribution in [3.05, 3.63) is 35.9 Å². The topological polar surface area (TPSA) is 29.1 Å². The molecule has 2 rings (SSSR count). The van der Waals surface area contributed by atoms with Crippen LogP contribution in [0.2, 0.25) is 0 Å². The lowest BCUT2D eigenvalue weighted by atomic mass is 9.80. The van der Waals surface area contributed by atoms with Crippen molar-refractivity contribution < 1.29 is 4.79 Å². The summed E-state index contributed by atoms with van der Waals surface area (Å²) in [5, 5.41) is 3.31. The van der Waals surface area contributed by atoms with E-state index in [-0.39, 0.29) is 5.92 Å². The number of nitrogens with one attached hydrogen (secondary N) is 1. The Morgan fingerprint density at radius 2 is 2.12 bits per heavy atom. The van der Waals surface area contributed by atoms with E-state index in [0.29, 0.717) is 11.7 Å². The van der Waals surface area contributed by atoms with Crippen LogP contribution in [0, 0.1) is 11.8 Å². The fourth-order valence-electron chi connectivity index (χ4n) is 2.55. The van der Waals surface area contributed by atoms with Gasteiger partial charge in [-0.1, -0.05) is 30.3 Å². The lowest BCUT2D eigenvalue weighted by molar-refractivity contribution is -0.122. The zero-order valence-electron chi connectivity index (χ0n) is 9.78. The van der Waals surface area contributed by atoms with Gasteiger partial charge < -0.3 is 5.32 Å². The monoisotopic (exact) mass is 217 g/mol. The zero-order chi connectivity index (χ0) is 11.4. The lowest BCUT2D eigenvalue weighted by Crippen LogP contribution is -2.40. The predicted molar refractivity (Wildman–Crippen MR) is 65.3 cm³/mol. The Morgan fingerprint density at radius 3 is 2.81 bits per heavy atom. The van der Waals surface area contributed by atoms with E-state index in [2.05, 4.69) is 29.6 Å². The van der Waals surface area contributed by atoms with Crippen LogP contribution in [0.25, 0.3) is 0 Å². The summed E-state index contributed by atoms with van der Waals surface area (Å²) in [6.45, 7) is 3.61. The molecule has 1 aliphatic rings. The third-order valence-electron chi connectivity index (χ3n) is 3.49. The third kappa shape index (κ3) is 2.70. The van der Waals surface area contributed by atoms with Crippen LogP contribution in [0.3, 0.4) is 0 Å². The summed E-state index contributed by atoms with van der Waals surface area (Å²) in [6, 6.07) is 10.5. The van der Waals surface area contributed by atoms with Crippen LogP contribution in [0.5, 0.6) is 0 Å². The molecule has 0 aliphatic carbocycles. The van der Waals surface area contributed by atoms with E-state index < -0.39 is 0 Å². The molecule has 16 heavy (non-hydrogen) atoms. The highest BCUT2D eigenvalue weighted by Gasteiger charge is 2.28. The number of Topliss-reactive ketones (excluding diaryl/α,β-unsaturated/α-hetero) is 1.